The molecule has 0 bridgehead atoms. The molecule has 0 saturated heterocycles. The van der Waals surface area contributed by atoms with E-state index in [-0.39, 0.29) is 12.5 Å². The number of aryl methyl sites for hydroxylation is 1. The first-order valence-corrected chi connectivity index (χ1v) is 8.56. The quantitative estimate of drug-likeness (QED) is 0.601. The Labute approximate surface area is 131 Å². The lowest BCUT2D eigenvalue weighted by Crippen LogP contribution is -2.25. The molecule has 1 aromatic carbocycles. The first-order chi connectivity index (χ1) is 10.2. The van der Waals surface area contributed by atoms with E-state index in [9.17, 15) is 4.79 Å². The molecule has 1 aromatic rings. The molecule has 114 valence electrons. The monoisotopic (exact) mass is 305 g/mol. The third-order valence-electron chi connectivity index (χ3n) is 2.94. The number of amides is 1. The van der Waals surface area contributed by atoms with Crippen molar-refractivity contribution in [3.05, 3.63) is 34.9 Å². The second kappa shape index (κ2) is 10.3. The van der Waals surface area contributed by atoms with E-state index in [1.165, 1.54) is 0 Å². The van der Waals surface area contributed by atoms with Gasteiger partial charge in [0, 0.05) is 18.5 Å². The van der Waals surface area contributed by atoms with Crippen molar-refractivity contribution in [3.8, 4) is 11.8 Å². The van der Waals surface area contributed by atoms with Crippen molar-refractivity contribution < 1.29 is 9.90 Å². The molecule has 0 spiro atoms. The second-order valence-corrected chi connectivity index (χ2v) is 5.77. The Morgan fingerprint density at radius 2 is 2.19 bits per heavy atom. The van der Waals surface area contributed by atoms with Crippen molar-refractivity contribution in [2.24, 2.45) is 0 Å². The zero-order chi connectivity index (χ0) is 15.5. The summed E-state index contributed by atoms with van der Waals surface area (Å²) in [6, 6.07) is 5.67. The Morgan fingerprint density at radius 1 is 1.38 bits per heavy atom. The van der Waals surface area contributed by atoms with Crippen molar-refractivity contribution in [1.82, 2.24) is 5.32 Å². The molecule has 0 atom stereocenters. The van der Waals surface area contributed by atoms with Crippen LogP contribution in [-0.4, -0.2) is 36.2 Å². The van der Waals surface area contributed by atoms with E-state index in [2.05, 4.69) is 23.4 Å². The Morgan fingerprint density at radius 3 is 2.90 bits per heavy atom. The maximum atomic E-state index is 12.2. The van der Waals surface area contributed by atoms with Crippen molar-refractivity contribution >= 4 is 17.7 Å². The van der Waals surface area contributed by atoms with Crippen molar-refractivity contribution in [1.29, 1.82) is 0 Å². The van der Waals surface area contributed by atoms with Crippen LogP contribution in [0.1, 0.15) is 40.7 Å². The van der Waals surface area contributed by atoms with E-state index >= 15 is 0 Å². The minimum Gasteiger partial charge on any atom is -0.395 e. The van der Waals surface area contributed by atoms with Gasteiger partial charge < -0.3 is 10.4 Å². The Hall–Kier alpha value is -1.44. The predicted molar refractivity (Wildman–Crippen MR) is 89.7 cm³/mol. The van der Waals surface area contributed by atoms with Crippen LogP contribution in [0.4, 0.5) is 0 Å². The zero-order valence-corrected chi connectivity index (χ0v) is 13.6. The fraction of sp³-hybridized carbons (Fsp3) is 0.471. The molecule has 3 nitrogen and oxygen atoms in total. The molecule has 0 fully saturated rings. The van der Waals surface area contributed by atoms with Crippen LogP contribution in [0.25, 0.3) is 0 Å². The fourth-order valence-electron chi connectivity index (χ4n) is 1.84. The van der Waals surface area contributed by atoms with Gasteiger partial charge in [-0.2, -0.15) is 11.8 Å². The lowest BCUT2D eigenvalue weighted by molar-refractivity contribution is 0.0953. The molecule has 0 heterocycles. The van der Waals surface area contributed by atoms with E-state index < -0.39 is 0 Å². The van der Waals surface area contributed by atoms with Gasteiger partial charge in [-0.3, -0.25) is 4.79 Å². The molecule has 1 rings (SSSR count). The summed E-state index contributed by atoms with van der Waals surface area (Å²) in [5.41, 5.74) is 2.37. The van der Waals surface area contributed by atoms with Crippen molar-refractivity contribution in [2.75, 3.05) is 25.2 Å². The second-order valence-electron chi connectivity index (χ2n) is 4.78. The van der Waals surface area contributed by atoms with E-state index in [0.717, 1.165) is 29.7 Å². The average molecular weight is 305 g/mol. The molecular formula is C17H23NO2S. The van der Waals surface area contributed by atoms with E-state index in [4.69, 9.17) is 5.11 Å². The molecule has 21 heavy (non-hydrogen) atoms. The van der Waals surface area contributed by atoms with Gasteiger partial charge >= 0.3 is 0 Å². The minimum atomic E-state index is -0.0730. The third kappa shape index (κ3) is 6.70. The van der Waals surface area contributed by atoms with Crippen LogP contribution in [0, 0.1) is 18.8 Å². The lowest BCUT2D eigenvalue weighted by Gasteiger charge is -2.08. The molecule has 1 amide bonds. The van der Waals surface area contributed by atoms with Crippen LogP contribution in [0.15, 0.2) is 18.2 Å². The predicted octanol–water partition coefficient (Wildman–Crippen LogP) is 2.60. The zero-order valence-electron chi connectivity index (χ0n) is 12.7. The number of rotatable bonds is 7. The number of hydrogen-bond acceptors (Lipinski definition) is 3. The number of carbonyl (C=O) groups excluding carboxylic acids is 1. The first-order valence-electron chi connectivity index (χ1n) is 7.16. The highest BCUT2D eigenvalue weighted by Crippen LogP contribution is 2.11. The average Bonchev–Trinajstić information content (AvgIpc) is 2.48. The third-order valence-corrected chi connectivity index (χ3v) is 3.64. The fourth-order valence-corrected chi connectivity index (χ4v) is 2.33. The number of benzene rings is 1. The molecule has 2 N–H and O–H groups in total. The van der Waals surface area contributed by atoms with Crippen LogP contribution in [0.5, 0.6) is 0 Å². The summed E-state index contributed by atoms with van der Waals surface area (Å²) < 4.78 is 0. The van der Waals surface area contributed by atoms with Crippen molar-refractivity contribution in [2.45, 2.75) is 26.2 Å². The Balaban J connectivity index is 2.69. The molecule has 4 heteroatoms. The van der Waals surface area contributed by atoms with Gasteiger partial charge in [-0.15, -0.1) is 0 Å². The molecule has 0 aromatic heterocycles. The summed E-state index contributed by atoms with van der Waals surface area (Å²) in [5, 5.41) is 11.7. The van der Waals surface area contributed by atoms with Gasteiger partial charge in [0.15, 0.2) is 0 Å². The molecular weight excluding hydrogens is 282 g/mol. The lowest BCUT2D eigenvalue weighted by atomic mass is 10.0. The Bertz CT molecular complexity index is 517. The molecule has 0 aliphatic heterocycles. The topological polar surface area (TPSA) is 49.3 Å². The minimum absolute atomic E-state index is 0.0375. The highest BCUT2D eigenvalue weighted by molar-refractivity contribution is 7.98. The summed E-state index contributed by atoms with van der Waals surface area (Å²) in [6.07, 6.45) is 4.61. The largest absolute Gasteiger partial charge is 0.395 e. The van der Waals surface area contributed by atoms with E-state index in [1.54, 1.807) is 0 Å². The normalized spacial score (nSPS) is 9.86. The number of hydrogen-bond donors (Lipinski definition) is 2. The summed E-state index contributed by atoms with van der Waals surface area (Å²) in [4.78, 5) is 12.2. The first kappa shape index (κ1) is 17.6. The van der Waals surface area contributed by atoms with Gasteiger partial charge in [0.1, 0.15) is 0 Å². The van der Waals surface area contributed by atoms with E-state index in [1.807, 2.05) is 36.9 Å². The SMILES string of the molecule is CSCCCCNC(=O)c1cc(C)ccc1C#CCCO. The van der Waals surface area contributed by atoms with Gasteiger partial charge in [0.05, 0.1) is 12.2 Å². The summed E-state index contributed by atoms with van der Waals surface area (Å²) in [6.45, 7) is 2.69. The number of aliphatic hydroxyl groups is 1. The summed E-state index contributed by atoms with van der Waals surface area (Å²) >= 11 is 1.82. The van der Waals surface area contributed by atoms with Crippen LogP contribution in [-0.2, 0) is 0 Å². The van der Waals surface area contributed by atoms with Crippen LogP contribution in [0.2, 0.25) is 0 Å². The number of nitrogens with one attached hydrogen (secondary N) is 1. The highest BCUT2D eigenvalue weighted by atomic mass is 32.2. The Kier molecular flexibility index (Phi) is 8.65. The molecule has 0 unspecified atom stereocenters. The maximum absolute atomic E-state index is 12.2. The highest BCUT2D eigenvalue weighted by Gasteiger charge is 2.09. The van der Waals surface area contributed by atoms with Gasteiger partial charge in [0.25, 0.3) is 5.91 Å². The molecule has 0 saturated carbocycles. The standard InChI is InChI=1S/C17H23NO2S/c1-14-8-9-15(7-3-5-11-19)16(13-14)17(20)18-10-4-6-12-21-2/h8-9,13,19H,4-6,10-12H2,1-2H3,(H,18,20). The number of unbranched alkanes of at least 4 members (excludes halogenated alkanes) is 1. The molecule has 0 aliphatic carbocycles. The summed E-state index contributed by atoms with van der Waals surface area (Å²) in [5.74, 6) is 6.88. The number of aliphatic hydroxyl groups excluding tert-OH is 1. The number of carbonyl (C=O) groups is 1. The molecule has 0 aliphatic rings. The van der Waals surface area contributed by atoms with E-state index in [0.29, 0.717) is 18.5 Å². The maximum Gasteiger partial charge on any atom is 0.252 e. The van der Waals surface area contributed by atoms with Gasteiger partial charge in [-0.25, -0.2) is 0 Å². The number of thioether (sulfide) groups is 1. The van der Waals surface area contributed by atoms with Crippen LogP contribution < -0.4 is 5.32 Å². The van der Waals surface area contributed by atoms with Crippen LogP contribution >= 0.6 is 11.8 Å². The molecule has 0 radical (unpaired) electrons. The van der Waals surface area contributed by atoms with Crippen molar-refractivity contribution in [3.63, 3.8) is 0 Å². The van der Waals surface area contributed by atoms with Crippen LogP contribution in [0.3, 0.4) is 0 Å². The van der Waals surface area contributed by atoms with Gasteiger partial charge in [-0.1, -0.05) is 23.5 Å². The van der Waals surface area contributed by atoms with Gasteiger partial charge in [0.2, 0.25) is 0 Å². The summed E-state index contributed by atoms with van der Waals surface area (Å²) in [7, 11) is 0. The van der Waals surface area contributed by atoms with Gasteiger partial charge in [-0.05, 0) is 43.9 Å². The smallest absolute Gasteiger partial charge is 0.252 e.